The van der Waals surface area contributed by atoms with Crippen LogP contribution in [0.1, 0.15) is 16.8 Å². The van der Waals surface area contributed by atoms with E-state index in [-0.39, 0.29) is 28.9 Å². The minimum absolute atomic E-state index is 0.0771. The molecular formula is C17H12ClFN8. The van der Waals surface area contributed by atoms with E-state index in [2.05, 4.69) is 25.2 Å². The van der Waals surface area contributed by atoms with Gasteiger partial charge in [0.2, 0.25) is 11.9 Å². The number of halogens is 2. The van der Waals surface area contributed by atoms with Crippen molar-refractivity contribution in [1.82, 2.24) is 15.2 Å². The molecule has 0 amide bonds. The van der Waals surface area contributed by atoms with Crippen LogP contribution in [0.5, 0.6) is 0 Å². The maximum Gasteiger partial charge on any atom is 0.216 e. The number of hydrogen-bond donors (Lipinski definition) is 3. The lowest BCUT2D eigenvalue weighted by molar-refractivity contribution is 0.588. The van der Waals surface area contributed by atoms with Crippen molar-refractivity contribution in [2.75, 3.05) is 0 Å². The zero-order chi connectivity index (χ0) is 19.4. The zero-order valence-corrected chi connectivity index (χ0v) is 14.5. The highest BCUT2D eigenvalue weighted by atomic mass is 35.5. The minimum atomic E-state index is -0.622. The van der Waals surface area contributed by atoms with Gasteiger partial charge in [-0.25, -0.2) is 9.98 Å². The van der Waals surface area contributed by atoms with Gasteiger partial charge in [0.25, 0.3) is 0 Å². The topological polar surface area (TPSA) is 140 Å². The van der Waals surface area contributed by atoms with Gasteiger partial charge in [-0.3, -0.25) is 5.10 Å². The highest BCUT2D eigenvalue weighted by Crippen LogP contribution is 2.18. The fourth-order valence-corrected chi connectivity index (χ4v) is 2.61. The lowest BCUT2D eigenvalue weighted by Gasteiger charge is -2.04. The van der Waals surface area contributed by atoms with E-state index in [1.54, 1.807) is 18.2 Å². The summed E-state index contributed by atoms with van der Waals surface area (Å²) in [7, 11) is 0. The molecular weight excluding hydrogens is 371 g/mol. The molecule has 27 heavy (non-hydrogen) atoms. The van der Waals surface area contributed by atoms with Crippen LogP contribution in [-0.2, 0) is 6.54 Å². The summed E-state index contributed by atoms with van der Waals surface area (Å²) >= 11 is 6.13. The molecule has 0 saturated heterocycles. The molecule has 2 heterocycles. The maximum absolute atomic E-state index is 13.1. The van der Waals surface area contributed by atoms with Crippen LogP contribution in [0.4, 0.5) is 4.39 Å². The Morgan fingerprint density at radius 3 is 2.93 bits per heavy atom. The number of nitrogens with zero attached hydrogens (tertiary/aromatic N) is 5. The number of H-pyrrole nitrogens is 1. The molecule has 0 aliphatic rings. The van der Waals surface area contributed by atoms with Gasteiger partial charge < -0.3 is 11.1 Å². The number of pyridine rings is 1. The van der Waals surface area contributed by atoms with Crippen molar-refractivity contribution in [3.8, 4) is 6.07 Å². The quantitative estimate of drug-likeness (QED) is 0.362. The van der Waals surface area contributed by atoms with Gasteiger partial charge in [0, 0.05) is 17.2 Å². The number of benzene rings is 1. The summed E-state index contributed by atoms with van der Waals surface area (Å²) in [5.41, 5.74) is 7.72. The number of aromatic amines is 1. The average molecular weight is 383 g/mol. The third kappa shape index (κ3) is 3.96. The molecule has 3 rings (SSSR count). The average Bonchev–Trinajstić information content (AvgIpc) is 3.06. The standard InChI is InChI=1S/C17H12ClFN8/c18-12-5-9(6-20)1-2-10(12)13(7-21)24-17(22)23-8-14-11-3-4-15(19)25-16(11)27-26-14/h1-5,7,21H,8H2,(H2,22,23)(H,25,26,27)/b21-7?,24-13+. The third-order valence-electron chi connectivity index (χ3n) is 3.61. The molecule has 0 bridgehead atoms. The van der Waals surface area contributed by atoms with Gasteiger partial charge in [-0.15, -0.1) is 0 Å². The largest absolute Gasteiger partial charge is 0.368 e. The smallest absolute Gasteiger partial charge is 0.216 e. The van der Waals surface area contributed by atoms with Gasteiger partial charge in [-0.1, -0.05) is 11.6 Å². The van der Waals surface area contributed by atoms with Gasteiger partial charge in [-0.05, 0) is 30.3 Å². The fourth-order valence-electron chi connectivity index (χ4n) is 2.33. The molecule has 0 unspecified atom stereocenters. The Morgan fingerprint density at radius 2 is 2.22 bits per heavy atom. The Kier molecular flexibility index (Phi) is 5.19. The summed E-state index contributed by atoms with van der Waals surface area (Å²) in [6.07, 6.45) is 0.994. The first-order valence-electron chi connectivity index (χ1n) is 7.60. The van der Waals surface area contributed by atoms with Crippen LogP contribution in [-0.4, -0.2) is 33.1 Å². The van der Waals surface area contributed by atoms with Gasteiger partial charge in [-0.2, -0.15) is 19.7 Å². The molecule has 0 atom stereocenters. The van der Waals surface area contributed by atoms with Crippen LogP contribution in [0.15, 0.2) is 40.3 Å². The molecule has 0 saturated carbocycles. The van der Waals surface area contributed by atoms with E-state index in [9.17, 15) is 4.39 Å². The summed E-state index contributed by atoms with van der Waals surface area (Å²) in [5.74, 6) is -0.699. The van der Waals surface area contributed by atoms with E-state index in [0.29, 0.717) is 22.2 Å². The Hall–Kier alpha value is -3.64. The number of aromatic nitrogens is 3. The van der Waals surface area contributed by atoms with E-state index >= 15 is 0 Å². The Morgan fingerprint density at radius 1 is 1.41 bits per heavy atom. The molecule has 3 aromatic rings. The molecule has 1 aromatic carbocycles. The van der Waals surface area contributed by atoms with Crippen molar-refractivity contribution in [2.45, 2.75) is 6.54 Å². The number of fused-ring (bicyclic) bond motifs is 1. The van der Waals surface area contributed by atoms with Crippen LogP contribution in [0, 0.1) is 22.7 Å². The van der Waals surface area contributed by atoms with Crippen LogP contribution < -0.4 is 5.73 Å². The van der Waals surface area contributed by atoms with Crippen LogP contribution in [0.25, 0.3) is 11.0 Å². The number of guanidine groups is 1. The first kappa shape index (κ1) is 18.2. The molecule has 0 spiro atoms. The van der Waals surface area contributed by atoms with Crippen molar-refractivity contribution < 1.29 is 4.39 Å². The Bertz CT molecular complexity index is 1130. The van der Waals surface area contributed by atoms with E-state index in [4.69, 9.17) is 28.0 Å². The van der Waals surface area contributed by atoms with Crippen molar-refractivity contribution >= 4 is 40.5 Å². The Balaban J connectivity index is 1.86. The number of rotatable bonds is 4. The maximum atomic E-state index is 13.1. The van der Waals surface area contributed by atoms with E-state index in [0.717, 1.165) is 6.21 Å². The van der Waals surface area contributed by atoms with Crippen molar-refractivity contribution in [3.63, 3.8) is 0 Å². The lowest BCUT2D eigenvalue weighted by Crippen LogP contribution is -2.14. The first-order valence-corrected chi connectivity index (χ1v) is 7.98. The van der Waals surface area contributed by atoms with Crippen molar-refractivity contribution in [2.24, 2.45) is 15.7 Å². The number of nitrogens with one attached hydrogen (secondary N) is 2. The monoisotopic (exact) mass is 382 g/mol. The highest BCUT2D eigenvalue weighted by molar-refractivity contribution is 6.44. The second-order valence-corrected chi connectivity index (χ2v) is 5.74. The first-order chi connectivity index (χ1) is 13.0. The lowest BCUT2D eigenvalue weighted by atomic mass is 10.1. The fraction of sp³-hybridized carbons (Fsp3) is 0.0588. The normalized spacial score (nSPS) is 12.2. The Labute approximate surface area is 157 Å². The summed E-state index contributed by atoms with van der Waals surface area (Å²) in [6, 6.07) is 9.38. The molecule has 10 heteroatoms. The summed E-state index contributed by atoms with van der Waals surface area (Å²) in [6.45, 7) is 0.117. The second-order valence-electron chi connectivity index (χ2n) is 5.33. The van der Waals surface area contributed by atoms with E-state index in [1.165, 1.54) is 12.1 Å². The van der Waals surface area contributed by atoms with E-state index in [1.807, 2.05) is 6.07 Å². The van der Waals surface area contributed by atoms with Gasteiger partial charge in [0.05, 0.1) is 34.6 Å². The summed E-state index contributed by atoms with van der Waals surface area (Å²) in [5, 5.41) is 24.0. The van der Waals surface area contributed by atoms with Crippen LogP contribution in [0.2, 0.25) is 5.02 Å². The number of nitriles is 1. The number of nitrogens with two attached hydrogens (primary N) is 1. The summed E-state index contributed by atoms with van der Waals surface area (Å²) in [4.78, 5) is 11.9. The predicted octanol–water partition coefficient (Wildman–Crippen LogP) is 2.58. The van der Waals surface area contributed by atoms with Crippen LogP contribution >= 0.6 is 11.6 Å². The van der Waals surface area contributed by atoms with Crippen molar-refractivity contribution in [1.29, 1.82) is 10.7 Å². The molecule has 8 nitrogen and oxygen atoms in total. The number of aliphatic imine (C=N–C) groups is 2. The SMILES string of the molecule is N#Cc1ccc(/C(C=N)=N/C(N)=NCc2[nH]nc3nc(F)ccc23)c(Cl)c1. The molecule has 134 valence electrons. The van der Waals surface area contributed by atoms with E-state index < -0.39 is 5.95 Å². The predicted molar refractivity (Wildman–Crippen MR) is 101 cm³/mol. The van der Waals surface area contributed by atoms with Gasteiger partial charge in [0.15, 0.2) is 5.65 Å². The van der Waals surface area contributed by atoms with Gasteiger partial charge in [0.1, 0.15) is 0 Å². The molecule has 0 aliphatic carbocycles. The number of hydrogen-bond acceptors (Lipinski definition) is 5. The zero-order valence-electron chi connectivity index (χ0n) is 13.7. The molecule has 2 aromatic heterocycles. The second kappa shape index (κ2) is 7.72. The van der Waals surface area contributed by atoms with Crippen LogP contribution in [0.3, 0.4) is 0 Å². The summed E-state index contributed by atoms with van der Waals surface area (Å²) < 4.78 is 13.1. The molecule has 0 aliphatic heterocycles. The minimum Gasteiger partial charge on any atom is -0.368 e. The molecule has 0 fully saturated rings. The molecule has 0 radical (unpaired) electrons. The third-order valence-corrected chi connectivity index (χ3v) is 3.92. The van der Waals surface area contributed by atoms with Gasteiger partial charge >= 0.3 is 0 Å². The molecule has 4 N–H and O–H groups in total. The highest BCUT2D eigenvalue weighted by Gasteiger charge is 2.09. The van der Waals surface area contributed by atoms with Crippen molar-refractivity contribution in [3.05, 3.63) is 58.1 Å².